The zero-order valence-electron chi connectivity index (χ0n) is 10.7. The first kappa shape index (κ1) is 12.4. The summed E-state index contributed by atoms with van der Waals surface area (Å²) in [6, 6.07) is 7.61. The fourth-order valence-corrected chi connectivity index (χ4v) is 2.61. The number of benzene rings is 1. The molecule has 3 atom stereocenters. The lowest BCUT2D eigenvalue weighted by Crippen LogP contribution is -2.43. The second-order valence-corrected chi connectivity index (χ2v) is 5.04. The quantitative estimate of drug-likeness (QED) is 0.818. The van der Waals surface area contributed by atoms with E-state index in [-0.39, 0.29) is 23.9 Å². The summed E-state index contributed by atoms with van der Waals surface area (Å²) in [5.74, 6) is 0.590. The first-order chi connectivity index (χ1) is 9.25. The van der Waals surface area contributed by atoms with E-state index in [0.717, 1.165) is 17.7 Å². The fourth-order valence-electron chi connectivity index (χ4n) is 2.61. The minimum absolute atomic E-state index is 0.00486. The Morgan fingerprint density at radius 3 is 2.95 bits per heavy atom. The van der Waals surface area contributed by atoms with Gasteiger partial charge < -0.3 is 20.5 Å². The van der Waals surface area contributed by atoms with Crippen molar-refractivity contribution in [1.29, 1.82) is 0 Å². The molecule has 3 unspecified atom stereocenters. The van der Waals surface area contributed by atoms with Crippen molar-refractivity contribution in [3.05, 3.63) is 29.8 Å². The molecule has 1 aromatic carbocycles. The number of nitrogens with one attached hydrogen (secondary N) is 1. The number of hydrogen-bond donors (Lipinski definition) is 2. The molecule has 102 valence electrons. The van der Waals surface area contributed by atoms with Crippen LogP contribution in [0.4, 0.5) is 0 Å². The van der Waals surface area contributed by atoms with E-state index in [1.54, 1.807) is 0 Å². The minimum Gasteiger partial charge on any atom is -0.493 e. The molecule has 2 aliphatic rings. The molecular formula is C14H18N2O3. The molecule has 0 aliphatic carbocycles. The van der Waals surface area contributed by atoms with Crippen molar-refractivity contribution in [3.63, 3.8) is 0 Å². The number of rotatable bonds is 2. The molecule has 1 fully saturated rings. The summed E-state index contributed by atoms with van der Waals surface area (Å²) in [5.41, 5.74) is 6.91. The standard InChI is InChI=1S/C14H18N2O3/c15-11-8-18-7-10(11)14(17)16-12-5-6-19-13-4-2-1-3-9(12)13/h1-4,10-12H,5-8,15H2,(H,16,17). The van der Waals surface area contributed by atoms with E-state index in [4.69, 9.17) is 15.2 Å². The van der Waals surface area contributed by atoms with Gasteiger partial charge in [-0.2, -0.15) is 0 Å². The average Bonchev–Trinajstić information content (AvgIpc) is 2.85. The number of ether oxygens (including phenoxy) is 2. The largest absolute Gasteiger partial charge is 0.493 e. The average molecular weight is 262 g/mol. The van der Waals surface area contributed by atoms with Crippen molar-refractivity contribution in [1.82, 2.24) is 5.32 Å². The Labute approximate surface area is 112 Å². The van der Waals surface area contributed by atoms with Crippen molar-refractivity contribution in [3.8, 4) is 5.75 Å². The van der Waals surface area contributed by atoms with Gasteiger partial charge in [-0.05, 0) is 6.07 Å². The number of amides is 1. The lowest BCUT2D eigenvalue weighted by molar-refractivity contribution is -0.126. The highest BCUT2D eigenvalue weighted by Gasteiger charge is 2.33. The van der Waals surface area contributed by atoms with Gasteiger partial charge >= 0.3 is 0 Å². The predicted octanol–water partition coefficient (Wildman–Crippen LogP) is 0.600. The SMILES string of the molecule is NC1COCC1C(=O)NC1CCOc2ccccc21. The highest BCUT2D eigenvalue weighted by molar-refractivity contribution is 5.80. The van der Waals surface area contributed by atoms with Gasteiger partial charge in [-0.25, -0.2) is 0 Å². The summed E-state index contributed by atoms with van der Waals surface area (Å²) in [4.78, 5) is 12.2. The van der Waals surface area contributed by atoms with Gasteiger partial charge in [-0.15, -0.1) is 0 Å². The fraction of sp³-hybridized carbons (Fsp3) is 0.500. The number of carbonyl (C=O) groups excluding carboxylic acids is 1. The van der Waals surface area contributed by atoms with Crippen LogP contribution in [0.25, 0.3) is 0 Å². The topological polar surface area (TPSA) is 73.6 Å². The monoisotopic (exact) mass is 262 g/mol. The number of carbonyl (C=O) groups is 1. The van der Waals surface area contributed by atoms with E-state index < -0.39 is 0 Å². The molecule has 19 heavy (non-hydrogen) atoms. The van der Waals surface area contributed by atoms with Crippen LogP contribution >= 0.6 is 0 Å². The zero-order chi connectivity index (χ0) is 13.2. The lowest BCUT2D eigenvalue weighted by Gasteiger charge is -2.27. The second kappa shape index (κ2) is 5.19. The van der Waals surface area contributed by atoms with E-state index in [2.05, 4.69) is 5.32 Å². The normalized spacial score (nSPS) is 29.4. The third-order valence-electron chi connectivity index (χ3n) is 3.74. The maximum absolute atomic E-state index is 12.2. The Hall–Kier alpha value is -1.59. The highest BCUT2D eigenvalue weighted by atomic mass is 16.5. The second-order valence-electron chi connectivity index (χ2n) is 5.04. The summed E-state index contributed by atoms with van der Waals surface area (Å²) < 4.78 is 10.8. The third kappa shape index (κ3) is 2.43. The molecule has 5 nitrogen and oxygen atoms in total. The van der Waals surface area contributed by atoms with Crippen molar-refractivity contribution < 1.29 is 14.3 Å². The highest BCUT2D eigenvalue weighted by Crippen LogP contribution is 2.31. The van der Waals surface area contributed by atoms with Crippen LogP contribution in [0.2, 0.25) is 0 Å². The number of fused-ring (bicyclic) bond motifs is 1. The van der Waals surface area contributed by atoms with Crippen LogP contribution in [0.15, 0.2) is 24.3 Å². The molecule has 3 rings (SSSR count). The van der Waals surface area contributed by atoms with Crippen molar-refractivity contribution in [2.24, 2.45) is 11.7 Å². The molecule has 1 amide bonds. The van der Waals surface area contributed by atoms with Crippen LogP contribution in [0.5, 0.6) is 5.75 Å². The van der Waals surface area contributed by atoms with Crippen LogP contribution < -0.4 is 15.8 Å². The summed E-state index contributed by atoms with van der Waals surface area (Å²) in [7, 11) is 0. The molecule has 0 bridgehead atoms. The first-order valence-electron chi connectivity index (χ1n) is 6.61. The smallest absolute Gasteiger partial charge is 0.227 e. The van der Waals surface area contributed by atoms with E-state index in [1.807, 2.05) is 24.3 Å². The Morgan fingerprint density at radius 1 is 1.32 bits per heavy atom. The van der Waals surface area contributed by atoms with E-state index >= 15 is 0 Å². The Balaban J connectivity index is 1.72. The molecule has 5 heteroatoms. The summed E-state index contributed by atoms with van der Waals surface area (Å²) in [6.45, 7) is 1.50. The molecular weight excluding hydrogens is 244 g/mol. The maximum Gasteiger partial charge on any atom is 0.227 e. The molecule has 2 heterocycles. The Bertz CT molecular complexity index is 478. The summed E-state index contributed by atoms with van der Waals surface area (Å²) in [5, 5.41) is 3.07. The number of hydrogen-bond acceptors (Lipinski definition) is 4. The van der Waals surface area contributed by atoms with E-state index in [0.29, 0.717) is 19.8 Å². The summed E-state index contributed by atoms with van der Waals surface area (Å²) >= 11 is 0. The Morgan fingerprint density at radius 2 is 2.16 bits per heavy atom. The maximum atomic E-state index is 12.2. The van der Waals surface area contributed by atoms with Crippen molar-refractivity contribution in [2.75, 3.05) is 19.8 Å². The van der Waals surface area contributed by atoms with Gasteiger partial charge in [-0.3, -0.25) is 4.79 Å². The van der Waals surface area contributed by atoms with Crippen LogP contribution in [0.1, 0.15) is 18.0 Å². The molecule has 3 N–H and O–H groups in total. The van der Waals surface area contributed by atoms with Crippen LogP contribution in [-0.4, -0.2) is 31.8 Å². The van der Waals surface area contributed by atoms with Gasteiger partial charge in [0.2, 0.25) is 5.91 Å². The van der Waals surface area contributed by atoms with Crippen LogP contribution in [-0.2, 0) is 9.53 Å². The summed E-state index contributed by atoms with van der Waals surface area (Å²) in [6.07, 6.45) is 0.783. The van der Waals surface area contributed by atoms with E-state index in [9.17, 15) is 4.79 Å². The van der Waals surface area contributed by atoms with Gasteiger partial charge in [0, 0.05) is 18.0 Å². The molecule has 0 spiro atoms. The molecule has 1 aromatic rings. The predicted molar refractivity (Wildman–Crippen MR) is 69.7 cm³/mol. The molecule has 1 saturated heterocycles. The Kier molecular flexibility index (Phi) is 3.40. The van der Waals surface area contributed by atoms with Gasteiger partial charge in [0.25, 0.3) is 0 Å². The first-order valence-corrected chi connectivity index (χ1v) is 6.61. The van der Waals surface area contributed by atoms with Gasteiger partial charge in [0.1, 0.15) is 5.75 Å². The molecule has 2 aliphatic heterocycles. The molecule has 0 aromatic heterocycles. The number of para-hydroxylation sites is 1. The number of nitrogens with two attached hydrogens (primary N) is 1. The molecule has 0 radical (unpaired) electrons. The lowest BCUT2D eigenvalue weighted by atomic mass is 9.98. The van der Waals surface area contributed by atoms with Gasteiger partial charge in [-0.1, -0.05) is 18.2 Å². The van der Waals surface area contributed by atoms with Crippen molar-refractivity contribution in [2.45, 2.75) is 18.5 Å². The van der Waals surface area contributed by atoms with E-state index in [1.165, 1.54) is 0 Å². The third-order valence-corrected chi connectivity index (χ3v) is 3.74. The van der Waals surface area contributed by atoms with Crippen LogP contribution in [0, 0.1) is 5.92 Å². The van der Waals surface area contributed by atoms with Gasteiger partial charge in [0.15, 0.2) is 0 Å². The van der Waals surface area contributed by atoms with Crippen LogP contribution in [0.3, 0.4) is 0 Å². The van der Waals surface area contributed by atoms with Crippen molar-refractivity contribution >= 4 is 5.91 Å². The molecule has 0 saturated carbocycles. The zero-order valence-corrected chi connectivity index (χ0v) is 10.7. The van der Waals surface area contributed by atoms with Gasteiger partial charge in [0.05, 0.1) is 31.8 Å². The minimum atomic E-state index is -0.241.